The third kappa shape index (κ3) is 6.58. The molecular formula is C24H24N2O5. The smallest absolute Gasteiger partial charge is 0.321 e. The Kier molecular flexibility index (Phi) is 8.02. The van der Waals surface area contributed by atoms with E-state index in [4.69, 9.17) is 9.47 Å². The standard InChI is InChI=1S/C24H24N2O5/c1-29-22(27)15-25-26-24(28)20-13-8-14-21(30-16-18-9-4-2-5-10-18)23(20)31-17-19-11-6-3-7-12-19/h2-14,25H,15-17H2,1H3,(H,26,28). The Morgan fingerprint density at radius 2 is 1.39 bits per heavy atom. The number of hydrogen-bond acceptors (Lipinski definition) is 6. The molecule has 0 aliphatic heterocycles. The molecule has 0 aromatic heterocycles. The summed E-state index contributed by atoms with van der Waals surface area (Å²) in [6.45, 7) is 0.434. The molecule has 0 radical (unpaired) electrons. The van der Waals surface area contributed by atoms with Crippen molar-refractivity contribution in [2.24, 2.45) is 0 Å². The van der Waals surface area contributed by atoms with Gasteiger partial charge in [0.25, 0.3) is 5.91 Å². The van der Waals surface area contributed by atoms with E-state index >= 15 is 0 Å². The molecule has 7 nitrogen and oxygen atoms in total. The van der Waals surface area contributed by atoms with Gasteiger partial charge in [0, 0.05) is 0 Å². The second-order valence-electron chi connectivity index (χ2n) is 6.57. The first-order valence-corrected chi connectivity index (χ1v) is 9.74. The van der Waals surface area contributed by atoms with Gasteiger partial charge in [0.1, 0.15) is 19.8 Å². The summed E-state index contributed by atoms with van der Waals surface area (Å²) in [6.07, 6.45) is 0. The van der Waals surface area contributed by atoms with Crippen LogP contribution < -0.4 is 20.3 Å². The highest BCUT2D eigenvalue weighted by Crippen LogP contribution is 2.32. The average molecular weight is 420 g/mol. The number of carbonyl (C=O) groups is 2. The van der Waals surface area contributed by atoms with Crippen LogP contribution in [0.2, 0.25) is 0 Å². The van der Waals surface area contributed by atoms with Crippen LogP contribution in [-0.4, -0.2) is 25.5 Å². The third-order valence-electron chi connectivity index (χ3n) is 4.35. The Bertz CT molecular complexity index is 993. The molecule has 0 saturated heterocycles. The van der Waals surface area contributed by atoms with E-state index < -0.39 is 11.9 Å². The zero-order valence-corrected chi connectivity index (χ0v) is 17.2. The Morgan fingerprint density at radius 3 is 2.00 bits per heavy atom. The fraction of sp³-hybridized carbons (Fsp3) is 0.167. The lowest BCUT2D eigenvalue weighted by Gasteiger charge is -2.17. The van der Waals surface area contributed by atoms with Gasteiger partial charge < -0.3 is 14.2 Å². The van der Waals surface area contributed by atoms with Gasteiger partial charge >= 0.3 is 5.97 Å². The predicted octanol–water partition coefficient (Wildman–Crippen LogP) is 3.25. The number of methoxy groups -OCH3 is 1. The van der Waals surface area contributed by atoms with E-state index in [9.17, 15) is 9.59 Å². The molecule has 0 aliphatic carbocycles. The van der Waals surface area contributed by atoms with Gasteiger partial charge in [0.15, 0.2) is 11.5 Å². The van der Waals surface area contributed by atoms with Crippen LogP contribution in [0.5, 0.6) is 11.5 Å². The number of hydrazine groups is 1. The molecule has 0 saturated carbocycles. The summed E-state index contributed by atoms with van der Waals surface area (Å²) < 4.78 is 16.5. The average Bonchev–Trinajstić information content (AvgIpc) is 2.82. The molecule has 0 heterocycles. The van der Waals surface area contributed by atoms with Gasteiger partial charge in [-0.05, 0) is 23.3 Å². The van der Waals surface area contributed by atoms with Crippen LogP contribution in [-0.2, 0) is 22.7 Å². The summed E-state index contributed by atoms with van der Waals surface area (Å²) in [5.41, 5.74) is 7.24. The molecule has 0 unspecified atom stereocenters. The number of nitrogens with one attached hydrogen (secondary N) is 2. The Labute approximate surface area is 180 Å². The van der Waals surface area contributed by atoms with Gasteiger partial charge in [0.2, 0.25) is 0 Å². The first-order valence-electron chi connectivity index (χ1n) is 9.74. The van der Waals surface area contributed by atoms with Gasteiger partial charge in [0.05, 0.1) is 12.7 Å². The van der Waals surface area contributed by atoms with E-state index in [-0.39, 0.29) is 18.7 Å². The molecule has 0 aliphatic rings. The summed E-state index contributed by atoms with van der Waals surface area (Å²) >= 11 is 0. The number of carbonyl (C=O) groups excluding carboxylic acids is 2. The number of rotatable bonds is 10. The van der Waals surface area contributed by atoms with E-state index in [1.807, 2.05) is 60.7 Å². The van der Waals surface area contributed by atoms with Gasteiger partial charge in [-0.25, -0.2) is 5.43 Å². The minimum Gasteiger partial charge on any atom is -0.485 e. The van der Waals surface area contributed by atoms with Gasteiger partial charge in [-0.1, -0.05) is 66.7 Å². The van der Waals surface area contributed by atoms with Crippen LogP contribution in [0.3, 0.4) is 0 Å². The number of amides is 1. The zero-order valence-electron chi connectivity index (χ0n) is 17.2. The van der Waals surface area contributed by atoms with Crippen molar-refractivity contribution in [3.63, 3.8) is 0 Å². The molecule has 7 heteroatoms. The van der Waals surface area contributed by atoms with E-state index in [2.05, 4.69) is 15.6 Å². The first kappa shape index (κ1) is 21.9. The molecule has 0 fully saturated rings. The van der Waals surface area contributed by atoms with Crippen molar-refractivity contribution in [1.82, 2.24) is 10.9 Å². The predicted molar refractivity (Wildman–Crippen MR) is 115 cm³/mol. The SMILES string of the molecule is COC(=O)CNNC(=O)c1cccc(OCc2ccccc2)c1OCc1ccccc1. The maximum absolute atomic E-state index is 12.7. The Balaban J connectivity index is 1.78. The van der Waals surface area contributed by atoms with Crippen molar-refractivity contribution >= 4 is 11.9 Å². The van der Waals surface area contributed by atoms with Gasteiger partial charge in [-0.3, -0.25) is 15.0 Å². The molecule has 0 atom stereocenters. The molecule has 3 aromatic rings. The Hall–Kier alpha value is -3.84. The summed E-state index contributed by atoms with van der Waals surface area (Å²) in [5, 5.41) is 0. The zero-order chi connectivity index (χ0) is 21.9. The molecule has 0 bridgehead atoms. The molecule has 1 amide bonds. The lowest BCUT2D eigenvalue weighted by atomic mass is 10.1. The van der Waals surface area contributed by atoms with Gasteiger partial charge in [-0.15, -0.1) is 0 Å². The van der Waals surface area contributed by atoms with Crippen molar-refractivity contribution in [2.45, 2.75) is 13.2 Å². The van der Waals surface area contributed by atoms with Crippen molar-refractivity contribution in [3.8, 4) is 11.5 Å². The number of benzene rings is 3. The second-order valence-corrected chi connectivity index (χ2v) is 6.57. The first-order chi connectivity index (χ1) is 15.2. The highest BCUT2D eigenvalue weighted by Gasteiger charge is 2.18. The quantitative estimate of drug-likeness (QED) is 0.387. The number of ether oxygens (including phenoxy) is 3. The number of para-hydroxylation sites is 1. The molecule has 0 spiro atoms. The molecule has 3 aromatic carbocycles. The number of esters is 1. The molecular weight excluding hydrogens is 396 g/mol. The van der Waals surface area contributed by atoms with Crippen LogP contribution in [0.1, 0.15) is 21.5 Å². The van der Waals surface area contributed by atoms with Gasteiger partial charge in [-0.2, -0.15) is 0 Å². The maximum Gasteiger partial charge on any atom is 0.321 e. The lowest BCUT2D eigenvalue weighted by molar-refractivity contribution is -0.139. The van der Waals surface area contributed by atoms with E-state index in [0.29, 0.717) is 18.1 Å². The third-order valence-corrected chi connectivity index (χ3v) is 4.35. The van der Waals surface area contributed by atoms with Crippen LogP contribution in [0.25, 0.3) is 0 Å². The summed E-state index contributed by atoms with van der Waals surface area (Å²) in [5.74, 6) is -0.196. The lowest BCUT2D eigenvalue weighted by Crippen LogP contribution is -2.40. The van der Waals surface area contributed by atoms with Crippen LogP contribution >= 0.6 is 0 Å². The maximum atomic E-state index is 12.7. The fourth-order valence-electron chi connectivity index (χ4n) is 2.76. The highest BCUT2D eigenvalue weighted by molar-refractivity contribution is 5.97. The van der Waals surface area contributed by atoms with Crippen LogP contribution in [0.4, 0.5) is 0 Å². The highest BCUT2D eigenvalue weighted by atomic mass is 16.5. The monoisotopic (exact) mass is 420 g/mol. The van der Waals surface area contributed by atoms with E-state index in [1.54, 1.807) is 18.2 Å². The normalized spacial score (nSPS) is 10.2. The minimum absolute atomic E-state index is 0.160. The molecule has 2 N–H and O–H groups in total. The largest absolute Gasteiger partial charge is 0.485 e. The Morgan fingerprint density at radius 1 is 0.774 bits per heavy atom. The molecule has 31 heavy (non-hydrogen) atoms. The minimum atomic E-state index is -0.499. The van der Waals surface area contributed by atoms with Crippen LogP contribution in [0.15, 0.2) is 78.9 Å². The van der Waals surface area contributed by atoms with Crippen molar-refractivity contribution in [2.75, 3.05) is 13.7 Å². The number of hydrogen-bond donors (Lipinski definition) is 2. The second kappa shape index (κ2) is 11.4. The molecule has 160 valence electrons. The van der Waals surface area contributed by atoms with Crippen molar-refractivity contribution in [1.29, 1.82) is 0 Å². The van der Waals surface area contributed by atoms with Crippen molar-refractivity contribution < 1.29 is 23.8 Å². The van der Waals surface area contributed by atoms with E-state index in [0.717, 1.165) is 11.1 Å². The summed E-state index contributed by atoms with van der Waals surface area (Å²) in [7, 11) is 1.27. The van der Waals surface area contributed by atoms with Crippen LogP contribution in [0, 0.1) is 0 Å². The fourth-order valence-corrected chi connectivity index (χ4v) is 2.76. The topological polar surface area (TPSA) is 85.9 Å². The van der Waals surface area contributed by atoms with E-state index in [1.165, 1.54) is 7.11 Å². The summed E-state index contributed by atoms with van der Waals surface area (Å²) in [6, 6.07) is 24.4. The van der Waals surface area contributed by atoms with Crippen molar-refractivity contribution in [3.05, 3.63) is 95.6 Å². The summed E-state index contributed by atoms with van der Waals surface area (Å²) in [4.78, 5) is 24.0. The molecule has 3 rings (SSSR count).